The molecule has 6 heteroatoms. The van der Waals surface area contributed by atoms with Crippen LogP contribution in [0.1, 0.15) is 92.4 Å². The molecule has 1 rings (SSSR count). The van der Waals surface area contributed by atoms with Crippen LogP contribution in [0.5, 0.6) is 0 Å². The van der Waals surface area contributed by atoms with E-state index < -0.39 is 17.9 Å². The van der Waals surface area contributed by atoms with Crippen molar-refractivity contribution in [2.45, 2.75) is 110 Å². The van der Waals surface area contributed by atoms with E-state index in [9.17, 15) is 9.59 Å². The molecule has 0 aromatic carbocycles. The summed E-state index contributed by atoms with van der Waals surface area (Å²) in [4.78, 5) is 30.9. The van der Waals surface area contributed by atoms with Gasteiger partial charge in [0.05, 0.1) is 20.3 Å². The van der Waals surface area contributed by atoms with Gasteiger partial charge in [-0.15, -0.1) is 0 Å². The van der Waals surface area contributed by atoms with E-state index in [0.29, 0.717) is 0 Å². The van der Waals surface area contributed by atoms with E-state index in [0.717, 1.165) is 44.9 Å². The zero-order valence-corrected chi connectivity index (χ0v) is 19.0. The largest absolute Gasteiger partial charge is 0.468 e. The summed E-state index contributed by atoms with van der Waals surface area (Å²) in [5, 5.41) is 2.11. The van der Waals surface area contributed by atoms with Crippen LogP contribution in [0.3, 0.4) is 0 Å². The normalized spacial score (nSPS) is 20.0. The van der Waals surface area contributed by atoms with Gasteiger partial charge in [0, 0.05) is 11.1 Å². The Labute approximate surface area is 171 Å². The van der Waals surface area contributed by atoms with Crippen LogP contribution in [0.4, 0.5) is 0 Å². The molecule has 0 spiro atoms. The van der Waals surface area contributed by atoms with Crippen LogP contribution in [-0.2, 0) is 23.9 Å². The second kappa shape index (κ2) is 11.1. The minimum absolute atomic E-state index is 0.102. The Morgan fingerprint density at radius 1 is 0.929 bits per heavy atom. The highest BCUT2D eigenvalue weighted by Crippen LogP contribution is 2.39. The van der Waals surface area contributed by atoms with E-state index in [-0.39, 0.29) is 23.6 Å². The molecule has 0 N–H and O–H groups in total. The van der Waals surface area contributed by atoms with Crippen molar-refractivity contribution in [3.63, 3.8) is 0 Å². The quantitative estimate of drug-likeness (QED) is 0.286. The lowest BCUT2D eigenvalue weighted by atomic mass is 9.82. The van der Waals surface area contributed by atoms with Crippen molar-refractivity contribution in [2.75, 3.05) is 14.2 Å². The maximum atomic E-state index is 12.2. The number of carbonyl (C=O) groups excluding carboxylic acids is 2. The van der Waals surface area contributed by atoms with Crippen molar-refractivity contribution in [2.24, 2.45) is 5.92 Å². The molecule has 1 fully saturated rings. The SMILES string of the molecule is CCCCCCC(CC(C(=O)OC)C(=O)OC)ON1C(C)(C)CCCC1(C)C. The first-order valence-corrected chi connectivity index (χ1v) is 10.7. The van der Waals surface area contributed by atoms with Crippen molar-refractivity contribution in [1.82, 2.24) is 5.06 Å². The van der Waals surface area contributed by atoms with Gasteiger partial charge in [-0.25, -0.2) is 0 Å². The molecule has 1 heterocycles. The van der Waals surface area contributed by atoms with Crippen LogP contribution < -0.4 is 0 Å². The molecule has 1 aliphatic heterocycles. The van der Waals surface area contributed by atoms with Crippen LogP contribution >= 0.6 is 0 Å². The summed E-state index contributed by atoms with van der Waals surface area (Å²) in [6.45, 7) is 11.0. The van der Waals surface area contributed by atoms with Gasteiger partial charge in [-0.1, -0.05) is 32.6 Å². The second-order valence-corrected chi connectivity index (χ2v) is 9.18. The fourth-order valence-electron chi connectivity index (χ4n) is 4.26. The van der Waals surface area contributed by atoms with Crippen LogP contribution in [0.15, 0.2) is 0 Å². The first-order chi connectivity index (χ1) is 13.1. The highest BCUT2D eigenvalue weighted by atomic mass is 16.7. The Morgan fingerprint density at radius 2 is 1.46 bits per heavy atom. The lowest BCUT2D eigenvalue weighted by molar-refractivity contribution is -0.307. The number of hydrogen-bond donors (Lipinski definition) is 0. The Kier molecular flexibility index (Phi) is 9.91. The maximum absolute atomic E-state index is 12.2. The van der Waals surface area contributed by atoms with Crippen molar-refractivity contribution in [3.05, 3.63) is 0 Å². The summed E-state index contributed by atoms with van der Waals surface area (Å²) >= 11 is 0. The van der Waals surface area contributed by atoms with E-state index >= 15 is 0 Å². The van der Waals surface area contributed by atoms with Gasteiger partial charge < -0.3 is 9.47 Å². The van der Waals surface area contributed by atoms with Crippen molar-refractivity contribution in [1.29, 1.82) is 0 Å². The minimum Gasteiger partial charge on any atom is -0.468 e. The number of esters is 2. The maximum Gasteiger partial charge on any atom is 0.320 e. The third-order valence-electron chi connectivity index (χ3n) is 5.78. The van der Waals surface area contributed by atoms with Crippen LogP contribution in [0.2, 0.25) is 0 Å². The average Bonchev–Trinajstić information content (AvgIpc) is 2.63. The summed E-state index contributed by atoms with van der Waals surface area (Å²) in [7, 11) is 2.60. The van der Waals surface area contributed by atoms with Gasteiger partial charge in [-0.2, -0.15) is 5.06 Å². The monoisotopic (exact) mass is 399 g/mol. The molecule has 1 unspecified atom stereocenters. The molecule has 0 bridgehead atoms. The standard InChI is InChI=1S/C22H41NO5/c1-8-9-10-11-13-17(16-18(19(24)26-6)20(25)27-7)28-23-21(2,3)14-12-15-22(23,4)5/h17-18H,8-16H2,1-7H3. The smallest absolute Gasteiger partial charge is 0.320 e. The average molecular weight is 400 g/mol. The number of unbranched alkanes of at least 4 members (excludes halogenated alkanes) is 3. The van der Waals surface area contributed by atoms with Gasteiger partial charge in [-0.05, 0) is 59.8 Å². The number of ether oxygens (including phenoxy) is 2. The molecule has 0 aromatic heterocycles. The third kappa shape index (κ3) is 7.03. The molecule has 0 aliphatic carbocycles. The lowest BCUT2D eigenvalue weighted by Crippen LogP contribution is -2.59. The molecule has 0 aromatic rings. The first kappa shape index (κ1) is 24.9. The number of nitrogens with zero attached hydrogens (tertiary/aromatic N) is 1. The molecule has 1 atom stereocenters. The van der Waals surface area contributed by atoms with Crippen LogP contribution in [0, 0.1) is 5.92 Å². The predicted molar refractivity (Wildman–Crippen MR) is 110 cm³/mol. The van der Waals surface area contributed by atoms with Gasteiger partial charge in [0.1, 0.15) is 0 Å². The van der Waals surface area contributed by atoms with Crippen molar-refractivity contribution < 1.29 is 23.9 Å². The fourth-order valence-corrected chi connectivity index (χ4v) is 4.26. The van der Waals surface area contributed by atoms with E-state index in [1.807, 2.05) is 0 Å². The molecule has 0 radical (unpaired) electrons. The number of rotatable bonds is 11. The minimum atomic E-state index is -0.956. The number of methoxy groups -OCH3 is 2. The molecule has 1 aliphatic rings. The molecule has 6 nitrogen and oxygen atoms in total. The Morgan fingerprint density at radius 3 is 1.93 bits per heavy atom. The highest BCUT2D eigenvalue weighted by molar-refractivity contribution is 5.94. The van der Waals surface area contributed by atoms with Crippen molar-refractivity contribution >= 4 is 11.9 Å². The number of hydrogen-bond acceptors (Lipinski definition) is 6. The zero-order valence-electron chi connectivity index (χ0n) is 19.0. The van der Waals surface area contributed by atoms with Gasteiger partial charge in [0.25, 0.3) is 0 Å². The predicted octanol–water partition coefficient (Wildman–Crippen LogP) is 4.65. The molecule has 1 saturated heterocycles. The third-order valence-corrected chi connectivity index (χ3v) is 5.78. The van der Waals surface area contributed by atoms with Crippen LogP contribution in [0.25, 0.3) is 0 Å². The zero-order chi connectivity index (χ0) is 21.4. The Balaban J connectivity index is 2.99. The van der Waals surface area contributed by atoms with Gasteiger partial charge >= 0.3 is 11.9 Å². The lowest BCUT2D eigenvalue weighted by Gasteiger charge is -2.52. The number of piperidine rings is 1. The summed E-state index contributed by atoms with van der Waals surface area (Å²) in [6.07, 6.45) is 8.54. The van der Waals surface area contributed by atoms with Gasteiger partial charge in [-0.3, -0.25) is 14.4 Å². The summed E-state index contributed by atoms with van der Waals surface area (Å²) in [5.41, 5.74) is -0.203. The molecule has 0 saturated carbocycles. The van der Waals surface area contributed by atoms with E-state index in [2.05, 4.69) is 39.7 Å². The van der Waals surface area contributed by atoms with Crippen LogP contribution in [-0.4, -0.2) is 48.4 Å². The van der Waals surface area contributed by atoms with E-state index in [4.69, 9.17) is 14.3 Å². The summed E-state index contributed by atoms with van der Waals surface area (Å²) in [5.74, 6) is -2.08. The molecule has 0 amide bonds. The molecule has 28 heavy (non-hydrogen) atoms. The first-order valence-electron chi connectivity index (χ1n) is 10.7. The molecular formula is C22H41NO5. The van der Waals surface area contributed by atoms with Gasteiger partial charge in [0.2, 0.25) is 0 Å². The van der Waals surface area contributed by atoms with E-state index in [1.165, 1.54) is 20.6 Å². The number of hydroxylamine groups is 2. The second-order valence-electron chi connectivity index (χ2n) is 9.18. The molecular weight excluding hydrogens is 358 g/mol. The Bertz CT molecular complexity index is 471. The highest BCUT2D eigenvalue weighted by Gasteiger charge is 2.44. The number of carbonyl (C=O) groups is 2. The summed E-state index contributed by atoms with van der Waals surface area (Å²) < 4.78 is 9.68. The topological polar surface area (TPSA) is 65.1 Å². The molecule has 164 valence electrons. The Hall–Kier alpha value is -1.14. The van der Waals surface area contributed by atoms with E-state index in [1.54, 1.807) is 0 Å². The summed E-state index contributed by atoms with van der Waals surface area (Å²) in [6, 6.07) is 0. The van der Waals surface area contributed by atoms with Gasteiger partial charge in [0.15, 0.2) is 5.92 Å². The van der Waals surface area contributed by atoms with Crippen molar-refractivity contribution in [3.8, 4) is 0 Å². The fraction of sp³-hybridized carbons (Fsp3) is 0.909.